The van der Waals surface area contributed by atoms with Crippen LogP contribution in [0.5, 0.6) is 0 Å². The number of rotatable bonds is 2. The lowest BCUT2D eigenvalue weighted by Gasteiger charge is -1.94. The van der Waals surface area contributed by atoms with Crippen LogP contribution in [0.15, 0.2) is 8.96 Å². The zero-order valence-electron chi connectivity index (χ0n) is 5.57. The van der Waals surface area contributed by atoms with Gasteiger partial charge >= 0.3 is 0 Å². The van der Waals surface area contributed by atoms with E-state index < -0.39 is 0 Å². The van der Waals surface area contributed by atoms with Gasteiger partial charge in [-0.1, -0.05) is 0 Å². The SMILES string of the molecule is CC(=O)/C(Br)=C(\Br)C(C)=O. The number of carbonyl (C=O) groups is 2. The Balaban J connectivity index is 4.67. The summed E-state index contributed by atoms with van der Waals surface area (Å²) in [7, 11) is 0. The molecule has 0 radical (unpaired) electrons. The number of halogens is 2. The first-order chi connectivity index (χ1) is 4.46. The molecule has 0 rings (SSSR count). The number of carbonyl (C=O) groups excluding carboxylic acids is 2. The predicted molar refractivity (Wildman–Crippen MR) is 46.2 cm³/mol. The van der Waals surface area contributed by atoms with Crippen LogP contribution in [0.1, 0.15) is 13.8 Å². The van der Waals surface area contributed by atoms with Crippen LogP contribution in [0.4, 0.5) is 0 Å². The first-order valence-electron chi connectivity index (χ1n) is 2.54. The van der Waals surface area contributed by atoms with Crippen molar-refractivity contribution >= 4 is 43.4 Å². The van der Waals surface area contributed by atoms with Crippen LogP contribution in [0.2, 0.25) is 0 Å². The second-order valence-corrected chi connectivity index (χ2v) is 3.33. The molecular formula is C6H6Br2O2. The van der Waals surface area contributed by atoms with Crippen molar-refractivity contribution in [2.75, 3.05) is 0 Å². The maximum atomic E-state index is 10.6. The molecule has 0 aromatic carbocycles. The minimum atomic E-state index is -0.165. The summed E-state index contributed by atoms with van der Waals surface area (Å²) in [6.45, 7) is 2.77. The summed E-state index contributed by atoms with van der Waals surface area (Å²) >= 11 is 5.94. The van der Waals surface area contributed by atoms with Crippen molar-refractivity contribution in [1.29, 1.82) is 0 Å². The van der Waals surface area contributed by atoms with Crippen LogP contribution >= 0.6 is 31.9 Å². The Morgan fingerprint density at radius 2 is 1.10 bits per heavy atom. The molecule has 10 heavy (non-hydrogen) atoms. The molecule has 2 nitrogen and oxygen atoms in total. The third-order valence-electron chi connectivity index (χ3n) is 0.811. The van der Waals surface area contributed by atoms with Crippen LogP contribution in [0, 0.1) is 0 Å². The fourth-order valence-corrected chi connectivity index (χ4v) is 0.867. The number of ketones is 2. The second-order valence-electron chi connectivity index (χ2n) is 1.74. The van der Waals surface area contributed by atoms with Gasteiger partial charge in [-0.3, -0.25) is 9.59 Å². The van der Waals surface area contributed by atoms with E-state index in [9.17, 15) is 9.59 Å². The Kier molecular flexibility index (Phi) is 4.05. The fourth-order valence-electron chi connectivity index (χ4n) is 0.309. The van der Waals surface area contributed by atoms with Crippen molar-refractivity contribution in [3.63, 3.8) is 0 Å². The number of allylic oxidation sites excluding steroid dienone is 2. The highest BCUT2D eigenvalue weighted by atomic mass is 79.9. The van der Waals surface area contributed by atoms with Gasteiger partial charge in [0.05, 0.1) is 8.96 Å². The quantitative estimate of drug-likeness (QED) is 0.720. The molecule has 0 saturated carbocycles. The minimum Gasteiger partial charge on any atom is -0.294 e. The lowest BCUT2D eigenvalue weighted by atomic mass is 10.3. The molecular weight excluding hydrogens is 264 g/mol. The van der Waals surface area contributed by atoms with E-state index in [1.54, 1.807) is 0 Å². The Morgan fingerprint density at radius 1 is 0.900 bits per heavy atom. The van der Waals surface area contributed by atoms with Gasteiger partial charge in [-0.15, -0.1) is 0 Å². The average Bonchev–Trinajstić information content (AvgIpc) is 1.84. The van der Waals surface area contributed by atoms with Gasteiger partial charge in [0, 0.05) is 0 Å². The van der Waals surface area contributed by atoms with E-state index in [0.29, 0.717) is 8.96 Å². The Hall–Kier alpha value is 0.0400. The Labute approximate surface area is 75.9 Å². The van der Waals surface area contributed by atoms with Gasteiger partial charge in [-0.25, -0.2) is 0 Å². The monoisotopic (exact) mass is 268 g/mol. The smallest absolute Gasteiger partial charge is 0.168 e. The molecule has 0 aliphatic carbocycles. The van der Waals surface area contributed by atoms with Crippen LogP contribution in [0.25, 0.3) is 0 Å². The summed E-state index contributed by atoms with van der Waals surface area (Å²) in [5.41, 5.74) is 0. The summed E-state index contributed by atoms with van der Waals surface area (Å²) in [6.07, 6.45) is 0. The maximum absolute atomic E-state index is 10.6. The largest absolute Gasteiger partial charge is 0.294 e. The van der Waals surface area contributed by atoms with Gasteiger partial charge in [0.2, 0.25) is 0 Å². The molecule has 0 atom stereocenters. The van der Waals surface area contributed by atoms with Gasteiger partial charge < -0.3 is 0 Å². The first kappa shape index (κ1) is 10.0. The normalized spacial score (nSPS) is 12.4. The van der Waals surface area contributed by atoms with E-state index >= 15 is 0 Å². The molecule has 0 unspecified atom stereocenters. The van der Waals surface area contributed by atoms with E-state index in [-0.39, 0.29) is 11.6 Å². The number of hydrogen-bond acceptors (Lipinski definition) is 2. The summed E-state index contributed by atoms with van der Waals surface area (Å²) in [5, 5.41) is 0. The van der Waals surface area contributed by atoms with Crippen molar-refractivity contribution in [3.05, 3.63) is 8.96 Å². The highest BCUT2D eigenvalue weighted by molar-refractivity contribution is 9.14. The van der Waals surface area contributed by atoms with Crippen molar-refractivity contribution in [3.8, 4) is 0 Å². The van der Waals surface area contributed by atoms with Crippen LogP contribution in [0.3, 0.4) is 0 Å². The molecule has 56 valence electrons. The third-order valence-corrected chi connectivity index (χ3v) is 3.25. The molecule has 0 amide bonds. The maximum Gasteiger partial charge on any atom is 0.168 e. The van der Waals surface area contributed by atoms with Gasteiger partial charge in [0.15, 0.2) is 11.6 Å². The zero-order chi connectivity index (χ0) is 8.31. The van der Waals surface area contributed by atoms with Gasteiger partial charge in [-0.2, -0.15) is 0 Å². The molecule has 0 aliphatic heterocycles. The molecule has 4 heteroatoms. The molecule has 0 spiro atoms. The predicted octanol–water partition coefficient (Wildman–Crippen LogP) is 2.17. The lowest BCUT2D eigenvalue weighted by Crippen LogP contribution is -1.97. The van der Waals surface area contributed by atoms with E-state index in [2.05, 4.69) is 31.9 Å². The Bertz CT molecular complexity index is 184. The van der Waals surface area contributed by atoms with Crippen LogP contribution in [-0.2, 0) is 9.59 Å². The molecule has 0 fully saturated rings. The van der Waals surface area contributed by atoms with Crippen LogP contribution in [-0.4, -0.2) is 11.6 Å². The highest BCUT2D eigenvalue weighted by Crippen LogP contribution is 2.19. The van der Waals surface area contributed by atoms with E-state index in [0.717, 1.165) is 0 Å². The average molecular weight is 270 g/mol. The van der Waals surface area contributed by atoms with Gasteiger partial charge in [0.1, 0.15) is 0 Å². The minimum absolute atomic E-state index is 0.165. The van der Waals surface area contributed by atoms with Crippen molar-refractivity contribution in [1.82, 2.24) is 0 Å². The Morgan fingerprint density at radius 3 is 1.20 bits per heavy atom. The van der Waals surface area contributed by atoms with E-state index in [1.165, 1.54) is 13.8 Å². The molecule has 0 N–H and O–H groups in total. The fraction of sp³-hybridized carbons (Fsp3) is 0.333. The summed E-state index contributed by atoms with van der Waals surface area (Å²) in [5.74, 6) is -0.329. The molecule has 0 heterocycles. The molecule has 0 bridgehead atoms. The lowest BCUT2D eigenvalue weighted by molar-refractivity contribution is -0.115. The van der Waals surface area contributed by atoms with E-state index in [4.69, 9.17) is 0 Å². The van der Waals surface area contributed by atoms with Gasteiger partial charge in [-0.05, 0) is 45.7 Å². The van der Waals surface area contributed by atoms with Crippen molar-refractivity contribution in [2.45, 2.75) is 13.8 Å². The number of Topliss-reactive ketones (excluding diaryl/α,β-unsaturated/α-hetero) is 2. The standard InChI is InChI=1S/C6H6Br2O2/c1-3(9)5(7)6(8)4(2)10/h1-2H3/b6-5+. The first-order valence-corrected chi connectivity index (χ1v) is 4.12. The van der Waals surface area contributed by atoms with Crippen molar-refractivity contribution in [2.24, 2.45) is 0 Å². The molecule has 0 aliphatic rings. The van der Waals surface area contributed by atoms with E-state index in [1.807, 2.05) is 0 Å². The summed E-state index contributed by atoms with van der Waals surface area (Å²) in [6, 6.07) is 0. The highest BCUT2D eigenvalue weighted by Gasteiger charge is 2.08. The number of hydrogen-bond donors (Lipinski definition) is 0. The zero-order valence-corrected chi connectivity index (χ0v) is 8.74. The molecule has 0 aromatic heterocycles. The molecule has 0 saturated heterocycles. The van der Waals surface area contributed by atoms with Gasteiger partial charge in [0.25, 0.3) is 0 Å². The van der Waals surface area contributed by atoms with Crippen molar-refractivity contribution < 1.29 is 9.59 Å². The second kappa shape index (κ2) is 4.03. The molecule has 0 aromatic rings. The third kappa shape index (κ3) is 2.75. The topological polar surface area (TPSA) is 34.1 Å². The van der Waals surface area contributed by atoms with Crippen LogP contribution < -0.4 is 0 Å². The summed E-state index contributed by atoms with van der Waals surface area (Å²) < 4.78 is 0.583. The summed E-state index contributed by atoms with van der Waals surface area (Å²) in [4.78, 5) is 21.2.